The number of esters is 1. The molecule has 0 amide bonds. The number of carbonyl (C=O) groups is 2. The fraction of sp³-hybridized carbons (Fsp3) is 0.771. The lowest BCUT2D eigenvalue weighted by Crippen LogP contribution is -2.62. The van der Waals surface area contributed by atoms with Crippen molar-refractivity contribution < 1.29 is 34.8 Å². The standard InChI is InChI=1S/C35H51BrO7/c1-19(5-12-28(38)20(2)33(42)43-18-30(40)21-6-8-23(36)9-7-21)25-10-11-26-32-27(17-31(41)35(25,26)4)34(3)14-13-24(37)15-22(34)16-29(32)39/h6-9,19-20,22,24-29,31-32,37-39,41H,5,10-18H2,1-4H3/t19-,20+,22+,24-,25-,26+,27+,28-,29-,31+,32+,34+,35-/m1/s1. The van der Waals surface area contributed by atoms with E-state index in [2.05, 4.69) is 36.7 Å². The molecule has 0 unspecified atom stereocenters. The molecule has 0 radical (unpaired) electrons. The van der Waals surface area contributed by atoms with Gasteiger partial charge >= 0.3 is 5.97 Å². The fourth-order valence-corrected chi connectivity index (χ4v) is 10.4. The third kappa shape index (κ3) is 6.13. The second kappa shape index (κ2) is 12.8. The van der Waals surface area contributed by atoms with Gasteiger partial charge < -0.3 is 25.2 Å². The summed E-state index contributed by atoms with van der Waals surface area (Å²) in [6, 6.07) is 6.86. The molecule has 4 fully saturated rings. The number of hydrogen-bond donors (Lipinski definition) is 4. The minimum Gasteiger partial charge on any atom is -0.457 e. The molecule has 0 aromatic heterocycles. The lowest BCUT2D eigenvalue weighted by molar-refractivity contribution is -0.207. The topological polar surface area (TPSA) is 124 Å². The molecule has 4 aliphatic rings. The maximum absolute atomic E-state index is 12.7. The summed E-state index contributed by atoms with van der Waals surface area (Å²) < 4.78 is 6.12. The number of halogens is 1. The molecule has 1 aromatic carbocycles. The van der Waals surface area contributed by atoms with Gasteiger partial charge in [-0.25, -0.2) is 0 Å². The Morgan fingerprint density at radius 2 is 1.67 bits per heavy atom. The molecule has 4 saturated carbocycles. The zero-order chi connectivity index (χ0) is 31.3. The summed E-state index contributed by atoms with van der Waals surface area (Å²) in [5.74, 6) is -0.155. The van der Waals surface area contributed by atoms with Gasteiger partial charge in [-0.1, -0.05) is 48.8 Å². The lowest BCUT2D eigenvalue weighted by atomic mass is 9.43. The van der Waals surface area contributed by atoms with Crippen LogP contribution in [0.3, 0.4) is 0 Å². The number of hydrogen-bond acceptors (Lipinski definition) is 7. The number of aliphatic hydroxyl groups excluding tert-OH is 4. The zero-order valence-electron chi connectivity index (χ0n) is 26.1. The largest absolute Gasteiger partial charge is 0.457 e. The third-order valence-corrected chi connectivity index (χ3v) is 13.4. The van der Waals surface area contributed by atoms with Gasteiger partial charge in [0.1, 0.15) is 0 Å². The minimum atomic E-state index is -0.887. The Labute approximate surface area is 264 Å². The van der Waals surface area contributed by atoms with Crippen LogP contribution in [0.4, 0.5) is 0 Å². The van der Waals surface area contributed by atoms with Crippen molar-refractivity contribution in [1.29, 1.82) is 0 Å². The smallest absolute Gasteiger partial charge is 0.311 e. The van der Waals surface area contributed by atoms with E-state index >= 15 is 0 Å². The molecule has 8 heteroatoms. The van der Waals surface area contributed by atoms with Crippen molar-refractivity contribution in [3.05, 3.63) is 34.3 Å². The Morgan fingerprint density at radius 3 is 2.37 bits per heavy atom. The van der Waals surface area contributed by atoms with Crippen LogP contribution in [-0.2, 0) is 9.53 Å². The predicted molar refractivity (Wildman–Crippen MR) is 167 cm³/mol. The van der Waals surface area contributed by atoms with Crippen LogP contribution in [0, 0.1) is 52.3 Å². The normalized spacial score (nSPS) is 40.9. The summed E-state index contributed by atoms with van der Waals surface area (Å²) >= 11 is 3.34. The highest BCUT2D eigenvalue weighted by Crippen LogP contribution is 2.68. The van der Waals surface area contributed by atoms with E-state index in [0.29, 0.717) is 30.7 Å². The summed E-state index contributed by atoms with van der Waals surface area (Å²) in [6.07, 6.45) is 5.06. The van der Waals surface area contributed by atoms with Crippen LogP contribution in [0.25, 0.3) is 0 Å². The average Bonchev–Trinajstić information content (AvgIpc) is 3.34. The number of carbonyl (C=O) groups excluding carboxylic acids is 2. The number of benzene rings is 1. The van der Waals surface area contributed by atoms with Gasteiger partial charge in [0, 0.05) is 10.0 Å². The van der Waals surface area contributed by atoms with E-state index in [1.54, 1.807) is 31.2 Å². The average molecular weight is 664 g/mol. The van der Waals surface area contributed by atoms with Crippen LogP contribution >= 0.6 is 15.9 Å². The van der Waals surface area contributed by atoms with E-state index in [9.17, 15) is 30.0 Å². The maximum Gasteiger partial charge on any atom is 0.311 e. The van der Waals surface area contributed by atoms with Crippen molar-refractivity contribution in [2.45, 2.75) is 110 Å². The Kier molecular flexibility index (Phi) is 9.86. The second-order valence-corrected chi connectivity index (χ2v) is 15.9. The van der Waals surface area contributed by atoms with E-state index in [-0.39, 0.29) is 58.9 Å². The third-order valence-electron chi connectivity index (χ3n) is 12.9. The Morgan fingerprint density at radius 1 is 0.977 bits per heavy atom. The molecule has 5 rings (SSSR count). The number of ether oxygens (including phenoxy) is 1. The summed E-state index contributed by atoms with van der Waals surface area (Å²) in [5.41, 5.74) is 0.208. The SMILES string of the molecule is C[C@H](CC[C@@H](O)[C@H](C)C(=O)OCC(=O)c1ccc(Br)cc1)[C@H]1CC[C@H]2[C@@H]3[C@H](O)C[C@@H]4C[C@H](O)CC[C@]4(C)[C@H]3C[C@H](O)[C@]12C. The lowest BCUT2D eigenvalue weighted by Gasteiger charge is -2.63. The van der Waals surface area contributed by atoms with Gasteiger partial charge in [0.25, 0.3) is 0 Å². The van der Waals surface area contributed by atoms with E-state index in [0.717, 1.165) is 43.0 Å². The van der Waals surface area contributed by atoms with E-state index in [1.807, 2.05) is 0 Å². The molecule has 4 N–H and O–H groups in total. The first-order chi connectivity index (χ1) is 20.3. The second-order valence-electron chi connectivity index (χ2n) is 15.0. The van der Waals surface area contributed by atoms with E-state index < -0.39 is 30.2 Å². The van der Waals surface area contributed by atoms with Crippen LogP contribution in [0.1, 0.15) is 95.8 Å². The summed E-state index contributed by atoms with van der Waals surface area (Å²) in [7, 11) is 0. The quantitative estimate of drug-likeness (QED) is 0.202. The van der Waals surface area contributed by atoms with Gasteiger partial charge in [-0.3, -0.25) is 9.59 Å². The molecule has 240 valence electrons. The van der Waals surface area contributed by atoms with Crippen LogP contribution in [0.5, 0.6) is 0 Å². The van der Waals surface area contributed by atoms with Crippen LogP contribution < -0.4 is 0 Å². The van der Waals surface area contributed by atoms with Crippen molar-refractivity contribution in [3.63, 3.8) is 0 Å². The van der Waals surface area contributed by atoms with Crippen LogP contribution in [-0.4, -0.2) is 63.2 Å². The molecule has 0 heterocycles. The van der Waals surface area contributed by atoms with Gasteiger partial charge in [0.2, 0.25) is 0 Å². The monoisotopic (exact) mass is 662 g/mol. The highest BCUT2D eigenvalue weighted by molar-refractivity contribution is 9.10. The first-order valence-electron chi connectivity index (χ1n) is 16.4. The van der Waals surface area contributed by atoms with Gasteiger partial charge in [-0.2, -0.15) is 0 Å². The Bertz CT molecular complexity index is 1160. The van der Waals surface area contributed by atoms with Gasteiger partial charge in [-0.15, -0.1) is 0 Å². The molecule has 43 heavy (non-hydrogen) atoms. The van der Waals surface area contributed by atoms with Crippen LogP contribution in [0.2, 0.25) is 0 Å². The molecule has 4 aliphatic carbocycles. The Hall–Kier alpha value is -1.32. The molecule has 0 spiro atoms. The van der Waals surface area contributed by atoms with Crippen molar-refractivity contribution in [2.24, 2.45) is 52.3 Å². The Balaban J connectivity index is 1.17. The number of ketones is 1. The summed E-state index contributed by atoms with van der Waals surface area (Å²) in [4.78, 5) is 25.0. The molecular weight excluding hydrogens is 612 g/mol. The van der Waals surface area contributed by atoms with Gasteiger partial charge in [0.05, 0.1) is 30.3 Å². The van der Waals surface area contributed by atoms with Crippen LogP contribution in [0.15, 0.2) is 28.7 Å². The molecule has 0 aliphatic heterocycles. The van der Waals surface area contributed by atoms with E-state index in [4.69, 9.17) is 4.74 Å². The molecule has 13 atom stereocenters. The first-order valence-corrected chi connectivity index (χ1v) is 17.2. The number of Topliss-reactive ketones (excluding diaryl/α,β-unsaturated/α-hetero) is 1. The molecule has 0 bridgehead atoms. The van der Waals surface area contributed by atoms with Crippen molar-refractivity contribution in [2.75, 3.05) is 6.61 Å². The highest BCUT2D eigenvalue weighted by Gasteiger charge is 2.65. The molecule has 7 nitrogen and oxygen atoms in total. The summed E-state index contributed by atoms with van der Waals surface area (Å²) in [6.45, 7) is 8.06. The predicted octanol–water partition coefficient (Wildman–Crippen LogP) is 5.55. The van der Waals surface area contributed by atoms with Crippen molar-refractivity contribution >= 4 is 27.7 Å². The zero-order valence-corrected chi connectivity index (χ0v) is 27.7. The number of aliphatic hydroxyl groups is 4. The highest BCUT2D eigenvalue weighted by atomic mass is 79.9. The summed E-state index contributed by atoms with van der Waals surface area (Å²) in [5, 5.41) is 44.5. The first kappa shape index (κ1) is 33.1. The van der Waals surface area contributed by atoms with E-state index in [1.165, 1.54) is 0 Å². The van der Waals surface area contributed by atoms with Crippen molar-refractivity contribution in [3.8, 4) is 0 Å². The fourth-order valence-electron chi connectivity index (χ4n) is 10.2. The molecular formula is C35H51BrO7. The van der Waals surface area contributed by atoms with Crippen molar-refractivity contribution in [1.82, 2.24) is 0 Å². The number of rotatable bonds is 9. The molecule has 1 aromatic rings. The molecule has 0 saturated heterocycles. The van der Waals surface area contributed by atoms with Gasteiger partial charge in [0.15, 0.2) is 12.4 Å². The number of fused-ring (bicyclic) bond motifs is 5. The van der Waals surface area contributed by atoms with Gasteiger partial charge in [-0.05, 0) is 123 Å². The maximum atomic E-state index is 12.7. The minimum absolute atomic E-state index is 0.0485.